The van der Waals surface area contributed by atoms with Crippen LogP contribution >= 0.6 is 0 Å². The van der Waals surface area contributed by atoms with E-state index in [1.807, 2.05) is 6.92 Å². The lowest BCUT2D eigenvalue weighted by molar-refractivity contribution is -0.542. The first-order valence-corrected chi connectivity index (χ1v) is 5.28. The lowest BCUT2D eigenvalue weighted by Crippen LogP contribution is -2.54. The van der Waals surface area contributed by atoms with E-state index in [0.717, 1.165) is 20.6 Å². The van der Waals surface area contributed by atoms with Crippen LogP contribution in [0.1, 0.15) is 32.6 Å². The Balaban J connectivity index is 5.18. The Labute approximate surface area is 99.2 Å². The highest BCUT2D eigenvalue weighted by Crippen LogP contribution is 2.22. The molecular weight excluding hydrogens is 230 g/mol. The number of carbonyl (C=O) groups is 2. The first-order valence-electron chi connectivity index (χ1n) is 5.28. The lowest BCUT2D eigenvalue weighted by atomic mass is 9.93. The number of ether oxygens (including phenoxy) is 2. The number of nitrogens with zero attached hydrogens (tertiary/aromatic N) is 1. The lowest BCUT2D eigenvalue weighted by Gasteiger charge is -2.19. The molecule has 0 fully saturated rings. The highest BCUT2D eigenvalue weighted by molar-refractivity contribution is 6.03. The predicted molar refractivity (Wildman–Crippen MR) is 57.9 cm³/mol. The van der Waals surface area contributed by atoms with Crippen LogP contribution in [0.25, 0.3) is 0 Å². The summed E-state index contributed by atoms with van der Waals surface area (Å²) in [4.78, 5) is 33.1. The van der Waals surface area contributed by atoms with Crippen LogP contribution in [0.4, 0.5) is 0 Å². The first kappa shape index (κ1) is 15.3. The maximum atomic E-state index is 11.5. The van der Waals surface area contributed by atoms with Crippen molar-refractivity contribution in [3.05, 3.63) is 10.1 Å². The van der Waals surface area contributed by atoms with Gasteiger partial charge in [-0.2, -0.15) is 0 Å². The van der Waals surface area contributed by atoms with E-state index in [4.69, 9.17) is 0 Å². The predicted octanol–water partition coefficient (Wildman–Crippen LogP) is 0.928. The number of rotatable bonds is 7. The SMILES string of the molecule is CCCCCC(C(=O)OC)(C(=O)OC)[N+](=O)[O-]. The van der Waals surface area contributed by atoms with Crippen molar-refractivity contribution in [2.24, 2.45) is 0 Å². The Morgan fingerprint density at radius 3 is 1.94 bits per heavy atom. The van der Waals surface area contributed by atoms with Crippen molar-refractivity contribution < 1.29 is 24.0 Å². The van der Waals surface area contributed by atoms with E-state index in [9.17, 15) is 19.7 Å². The van der Waals surface area contributed by atoms with E-state index >= 15 is 0 Å². The Morgan fingerprint density at radius 2 is 1.65 bits per heavy atom. The zero-order valence-corrected chi connectivity index (χ0v) is 10.2. The molecular formula is C10H17NO6. The van der Waals surface area contributed by atoms with Crippen molar-refractivity contribution in [1.29, 1.82) is 0 Å². The summed E-state index contributed by atoms with van der Waals surface area (Å²) >= 11 is 0. The Kier molecular flexibility index (Phi) is 6.16. The smallest absolute Gasteiger partial charge is 0.410 e. The van der Waals surface area contributed by atoms with Crippen molar-refractivity contribution in [1.82, 2.24) is 0 Å². The average molecular weight is 247 g/mol. The quantitative estimate of drug-likeness (QED) is 0.218. The molecule has 0 atom stereocenters. The summed E-state index contributed by atoms with van der Waals surface area (Å²) in [5, 5.41) is 11.0. The second-order valence-electron chi connectivity index (χ2n) is 3.56. The molecule has 0 bridgehead atoms. The van der Waals surface area contributed by atoms with Crippen molar-refractivity contribution in [2.75, 3.05) is 14.2 Å². The van der Waals surface area contributed by atoms with Crippen LogP contribution < -0.4 is 0 Å². The third-order valence-electron chi connectivity index (χ3n) is 2.50. The van der Waals surface area contributed by atoms with Gasteiger partial charge < -0.3 is 9.47 Å². The van der Waals surface area contributed by atoms with Gasteiger partial charge in [-0.15, -0.1) is 0 Å². The molecule has 0 aromatic carbocycles. The molecule has 0 aromatic heterocycles. The van der Waals surface area contributed by atoms with E-state index in [-0.39, 0.29) is 6.42 Å². The molecule has 0 aliphatic carbocycles. The van der Waals surface area contributed by atoms with Crippen LogP contribution in [0.3, 0.4) is 0 Å². The molecule has 0 unspecified atom stereocenters. The summed E-state index contributed by atoms with van der Waals surface area (Å²) in [6, 6.07) is 0. The van der Waals surface area contributed by atoms with Crippen molar-refractivity contribution in [2.45, 2.75) is 38.1 Å². The van der Waals surface area contributed by atoms with Gasteiger partial charge in [-0.3, -0.25) is 10.1 Å². The number of carbonyl (C=O) groups excluding carboxylic acids is 2. The van der Waals surface area contributed by atoms with E-state index in [1.54, 1.807) is 0 Å². The van der Waals surface area contributed by atoms with E-state index in [2.05, 4.69) is 9.47 Å². The molecule has 0 heterocycles. The molecule has 0 amide bonds. The molecule has 0 aromatic rings. The fourth-order valence-electron chi connectivity index (χ4n) is 1.50. The molecule has 98 valence electrons. The molecule has 0 N–H and O–H groups in total. The number of esters is 2. The standard InChI is InChI=1S/C10H17NO6/c1-4-5-6-7-10(11(14)15,8(12)16-2)9(13)17-3/h4-7H2,1-3H3. The van der Waals surface area contributed by atoms with Gasteiger partial charge in [-0.1, -0.05) is 19.8 Å². The average Bonchev–Trinajstić information content (AvgIpc) is 2.32. The van der Waals surface area contributed by atoms with Gasteiger partial charge in [0.05, 0.1) is 19.1 Å². The van der Waals surface area contributed by atoms with Crippen molar-refractivity contribution >= 4 is 11.9 Å². The largest absolute Gasteiger partial charge is 0.463 e. The monoisotopic (exact) mass is 247 g/mol. The maximum absolute atomic E-state index is 11.5. The molecule has 0 aliphatic rings. The van der Waals surface area contributed by atoms with Crippen molar-refractivity contribution in [3.63, 3.8) is 0 Å². The minimum Gasteiger partial charge on any atom is -0.463 e. The van der Waals surface area contributed by atoms with Crippen LogP contribution in [0.2, 0.25) is 0 Å². The number of methoxy groups -OCH3 is 2. The van der Waals surface area contributed by atoms with Gasteiger partial charge in [-0.05, 0) is 6.42 Å². The van der Waals surface area contributed by atoms with Gasteiger partial charge >= 0.3 is 17.5 Å². The highest BCUT2D eigenvalue weighted by Gasteiger charge is 2.60. The highest BCUT2D eigenvalue weighted by atomic mass is 16.7. The second kappa shape index (κ2) is 6.82. The summed E-state index contributed by atoms with van der Waals surface area (Å²) in [6.45, 7) is 1.91. The summed E-state index contributed by atoms with van der Waals surface area (Å²) in [5.74, 6) is -2.38. The van der Waals surface area contributed by atoms with Gasteiger partial charge in [0.25, 0.3) is 0 Å². The zero-order chi connectivity index (χ0) is 13.5. The van der Waals surface area contributed by atoms with E-state index < -0.39 is 22.4 Å². The minimum absolute atomic E-state index is 0.215. The van der Waals surface area contributed by atoms with Crippen LogP contribution in [0.15, 0.2) is 0 Å². The van der Waals surface area contributed by atoms with Crippen LogP contribution in [0, 0.1) is 10.1 Å². The third-order valence-corrected chi connectivity index (χ3v) is 2.50. The third kappa shape index (κ3) is 3.15. The fraction of sp³-hybridized carbons (Fsp3) is 0.800. The summed E-state index contributed by atoms with van der Waals surface area (Å²) in [6.07, 6.45) is 1.66. The molecule has 0 aliphatic heterocycles. The number of hydrogen-bond donors (Lipinski definition) is 0. The molecule has 0 spiro atoms. The van der Waals surface area contributed by atoms with Gasteiger partial charge in [0.15, 0.2) is 0 Å². The zero-order valence-electron chi connectivity index (χ0n) is 10.2. The summed E-state index contributed by atoms with van der Waals surface area (Å²) in [5.41, 5.74) is -2.43. The van der Waals surface area contributed by atoms with Gasteiger partial charge in [0.1, 0.15) is 0 Å². The molecule has 17 heavy (non-hydrogen) atoms. The fourth-order valence-corrected chi connectivity index (χ4v) is 1.50. The number of nitro groups is 1. The summed E-state index contributed by atoms with van der Waals surface area (Å²) < 4.78 is 8.70. The summed E-state index contributed by atoms with van der Waals surface area (Å²) in [7, 11) is 2.01. The molecule has 7 nitrogen and oxygen atoms in total. The second-order valence-corrected chi connectivity index (χ2v) is 3.56. The topological polar surface area (TPSA) is 95.7 Å². The number of hydrogen-bond acceptors (Lipinski definition) is 6. The minimum atomic E-state index is -2.43. The molecule has 0 rings (SSSR count). The molecule has 0 saturated heterocycles. The Morgan fingerprint density at radius 1 is 1.18 bits per heavy atom. The normalized spacial score (nSPS) is 10.8. The molecule has 0 radical (unpaired) electrons. The van der Waals surface area contributed by atoms with Gasteiger partial charge in [0, 0.05) is 6.42 Å². The van der Waals surface area contributed by atoms with Crippen LogP contribution in [-0.2, 0) is 19.1 Å². The van der Waals surface area contributed by atoms with Crippen LogP contribution in [-0.4, -0.2) is 36.6 Å². The van der Waals surface area contributed by atoms with E-state index in [0.29, 0.717) is 12.8 Å². The van der Waals surface area contributed by atoms with Crippen molar-refractivity contribution in [3.8, 4) is 0 Å². The van der Waals surface area contributed by atoms with Crippen LogP contribution in [0.5, 0.6) is 0 Å². The molecule has 7 heteroatoms. The van der Waals surface area contributed by atoms with Gasteiger partial charge in [-0.25, -0.2) is 9.59 Å². The van der Waals surface area contributed by atoms with E-state index in [1.165, 1.54) is 0 Å². The Bertz CT molecular complexity index is 285. The van der Waals surface area contributed by atoms with Gasteiger partial charge in [0.2, 0.25) is 0 Å². The maximum Gasteiger partial charge on any atom is 0.410 e. The first-order chi connectivity index (χ1) is 7.97. The Hall–Kier alpha value is -1.66. The molecule has 0 saturated carbocycles. The number of unbranched alkanes of at least 4 members (excludes halogenated alkanes) is 2.